The van der Waals surface area contributed by atoms with Gasteiger partial charge >= 0.3 is 6.03 Å². The molecule has 0 radical (unpaired) electrons. The van der Waals surface area contributed by atoms with E-state index in [2.05, 4.69) is 41.5 Å². The highest BCUT2D eigenvalue weighted by Gasteiger charge is 2.35. The van der Waals surface area contributed by atoms with Crippen LogP contribution >= 0.6 is 11.6 Å². The van der Waals surface area contributed by atoms with Crippen LogP contribution < -0.4 is 5.32 Å². The second-order valence-corrected chi connectivity index (χ2v) is 8.83. The van der Waals surface area contributed by atoms with Gasteiger partial charge in [0, 0.05) is 34.2 Å². The second kappa shape index (κ2) is 7.42. The van der Waals surface area contributed by atoms with Crippen LogP contribution in [0.5, 0.6) is 0 Å². The quantitative estimate of drug-likeness (QED) is 0.560. The Bertz CT molecular complexity index is 1050. The number of benzene rings is 2. The molecule has 29 heavy (non-hydrogen) atoms. The van der Waals surface area contributed by atoms with Crippen LogP contribution in [-0.2, 0) is 6.42 Å². The molecular formula is C24H26ClN3O. The third-order valence-corrected chi connectivity index (χ3v) is 6.66. The lowest BCUT2D eigenvalue weighted by atomic mass is 9.92. The lowest BCUT2D eigenvalue weighted by molar-refractivity contribution is 0.175. The summed E-state index contributed by atoms with van der Waals surface area (Å²) in [7, 11) is 0. The van der Waals surface area contributed by atoms with Crippen molar-refractivity contribution in [3.63, 3.8) is 0 Å². The summed E-state index contributed by atoms with van der Waals surface area (Å²) in [5.74, 6) is 0. The van der Waals surface area contributed by atoms with E-state index in [1.54, 1.807) is 0 Å². The van der Waals surface area contributed by atoms with Crippen LogP contribution in [0.1, 0.15) is 54.1 Å². The first kappa shape index (κ1) is 18.6. The number of nitrogens with one attached hydrogen (secondary N) is 2. The van der Waals surface area contributed by atoms with Crippen molar-refractivity contribution >= 4 is 28.5 Å². The van der Waals surface area contributed by atoms with Crippen LogP contribution in [0.25, 0.3) is 10.9 Å². The first-order valence-electron chi connectivity index (χ1n) is 10.5. The average molecular weight is 408 g/mol. The number of amides is 2. The first-order valence-corrected chi connectivity index (χ1v) is 10.9. The maximum absolute atomic E-state index is 13.3. The summed E-state index contributed by atoms with van der Waals surface area (Å²) >= 11 is 6.27. The monoisotopic (exact) mass is 407 g/mol. The number of rotatable bonds is 2. The number of nitrogens with zero attached hydrogens (tertiary/aromatic N) is 1. The molecule has 1 unspecified atom stereocenters. The zero-order valence-electron chi connectivity index (χ0n) is 16.7. The van der Waals surface area contributed by atoms with Gasteiger partial charge in [0.05, 0.1) is 6.04 Å². The van der Waals surface area contributed by atoms with E-state index in [9.17, 15) is 4.79 Å². The van der Waals surface area contributed by atoms with Gasteiger partial charge in [-0.1, -0.05) is 54.3 Å². The SMILES string of the molecule is Cc1ccc(C2c3[nH]c4ccc(Cl)cc4c3CCN2C(=O)NC2CCCC2)cc1. The molecule has 2 amide bonds. The van der Waals surface area contributed by atoms with Gasteiger partial charge in [0.15, 0.2) is 0 Å². The van der Waals surface area contributed by atoms with Crippen molar-refractivity contribution in [3.05, 3.63) is 69.9 Å². The molecule has 5 rings (SSSR count). The molecule has 2 aliphatic rings. The van der Waals surface area contributed by atoms with Gasteiger partial charge in [-0.05, 0) is 55.5 Å². The van der Waals surface area contributed by atoms with Gasteiger partial charge in [0.25, 0.3) is 0 Å². The lowest BCUT2D eigenvalue weighted by Gasteiger charge is -2.37. The maximum atomic E-state index is 13.3. The number of hydrogen-bond acceptors (Lipinski definition) is 1. The number of aryl methyl sites for hydroxylation is 1. The highest BCUT2D eigenvalue weighted by atomic mass is 35.5. The van der Waals surface area contributed by atoms with Gasteiger partial charge < -0.3 is 15.2 Å². The van der Waals surface area contributed by atoms with Gasteiger partial charge in [-0.3, -0.25) is 0 Å². The van der Waals surface area contributed by atoms with E-state index in [0.29, 0.717) is 12.6 Å². The van der Waals surface area contributed by atoms with E-state index in [1.165, 1.54) is 29.4 Å². The Hall–Kier alpha value is -2.46. The Labute approximate surface area is 176 Å². The fourth-order valence-corrected chi connectivity index (χ4v) is 5.07. The number of aromatic amines is 1. The van der Waals surface area contributed by atoms with Gasteiger partial charge in [0.2, 0.25) is 0 Å². The molecule has 150 valence electrons. The van der Waals surface area contributed by atoms with Crippen molar-refractivity contribution in [1.29, 1.82) is 0 Å². The van der Waals surface area contributed by atoms with Crippen molar-refractivity contribution < 1.29 is 4.79 Å². The summed E-state index contributed by atoms with van der Waals surface area (Å²) in [5.41, 5.74) is 5.82. The average Bonchev–Trinajstić information content (AvgIpc) is 3.35. The molecule has 5 heteroatoms. The molecule has 0 saturated heterocycles. The van der Waals surface area contributed by atoms with Crippen molar-refractivity contribution in [2.75, 3.05) is 6.54 Å². The zero-order chi connectivity index (χ0) is 20.0. The standard InChI is InChI=1S/C24H26ClN3O/c1-15-6-8-16(9-7-15)23-22-19(20-14-17(25)10-11-21(20)27-22)12-13-28(23)24(29)26-18-4-2-3-5-18/h6-11,14,18,23,27H,2-5,12-13H2,1H3,(H,26,29). The molecule has 2 aromatic carbocycles. The molecule has 1 aromatic heterocycles. The summed E-state index contributed by atoms with van der Waals surface area (Å²) in [6, 6.07) is 14.7. The lowest BCUT2D eigenvalue weighted by Crippen LogP contribution is -2.48. The summed E-state index contributed by atoms with van der Waals surface area (Å²) < 4.78 is 0. The van der Waals surface area contributed by atoms with Gasteiger partial charge in [-0.2, -0.15) is 0 Å². The van der Waals surface area contributed by atoms with E-state index in [4.69, 9.17) is 11.6 Å². The maximum Gasteiger partial charge on any atom is 0.318 e. The minimum Gasteiger partial charge on any atom is -0.356 e. The van der Waals surface area contributed by atoms with Crippen molar-refractivity contribution in [3.8, 4) is 0 Å². The van der Waals surface area contributed by atoms with Crippen LogP contribution in [0, 0.1) is 6.92 Å². The number of urea groups is 1. The molecule has 2 heterocycles. The van der Waals surface area contributed by atoms with Crippen LogP contribution in [0.4, 0.5) is 4.79 Å². The minimum atomic E-state index is -0.119. The van der Waals surface area contributed by atoms with E-state index in [0.717, 1.165) is 41.1 Å². The van der Waals surface area contributed by atoms with E-state index in [1.807, 2.05) is 23.1 Å². The van der Waals surface area contributed by atoms with E-state index < -0.39 is 0 Å². The highest BCUT2D eigenvalue weighted by molar-refractivity contribution is 6.31. The Morgan fingerprint density at radius 1 is 1.14 bits per heavy atom. The van der Waals surface area contributed by atoms with E-state index >= 15 is 0 Å². The molecule has 3 aromatic rings. The molecule has 1 fully saturated rings. The normalized spacial score (nSPS) is 19.5. The molecule has 4 nitrogen and oxygen atoms in total. The Morgan fingerprint density at radius 2 is 1.90 bits per heavy atom. The molecular weight excluding hydrogens is 382 g/mol. The number of carbonyl (C=O) groups is 1. The number of halogens is 1. The third-order valence-electron chi connectivity index (χ3n) is 6.43. The molecule has 1 saturated carbocycles. The van der Waals surface area contributed by atoms with Gasteiger partial charge in [-0.15, -0.1) is 0 Å². The van der Waals surface area contributed by atoms with Crippen LogP contribution in [0.2, 0.25) is 5.02 Å². The zero-order valence-corrected chi connectivity index (χ0v) is 17.4. The fraction of sp³-hybridized carbons (Fsp3) is 0.375. The summed E-state index contributed by atoms with van der Waals surface area (Å²) in [6.45, 7) is 2.79. The number of fused-ring (bicyclic) bond motifs is 3. The van der Waals surface area contributed by atoms with Crippen LogP contribution in [0.15, 0.2) is 42.5 Å². The Morgan fingerprint density at radius 3 is 2.66 bits per heavy atom. The van der Waals surface area contributed by atoms with Crippen molar-refractivity contribution in [2.45, 2.75) is 51.1 Å². The molecule has 2 N–H and O–H groups in total. The first-order chi connectivity index (χ1) is 14.1. The number of hydrogen-bond donors (Lipinski definition) is 2. The highest BCUT2D eigenvalue weighted by Crippen LogP contribution is 2.39. The number of carbonyl (C=O) groups excluding carboxylic acids is 1. The molecule has 0 spiro atoms. The largest absolute Gasteiger partial charge is 0.356 e. The molecule has 1 aliphatic carbocycles. The van der Waals surface area contributed by atoms with Crippen molar-refractivity contribution in [1.82, 2.24) is 15.2 Å². The van der Waals surface area contributed by atoms with E-state index in [-0.39, 0.29) is 12.1 Å². The Kier molecular flexibility index (Phi) is 4.75. The molecule has 1 atom stereocenters. The predicted molar refractivity (Wildman–Crippen MR) is 118 cm³/mol. The van der Waals surface area contributed by atoms with Crippen LogP contribution in [0.3, 0.4) is 0 Å². The minimum absolute atomic E-state index is 0.0461. The fourth-order valence-electron chi connectivity index (χ4n) is 4.90. The number of H-pyrrole nitrogens is 1. The summed E-state index contributed by atoms with van der Waals surface area (Å²) in [4.78, 5) is 18.9. The van der Waals surface area contributed by atoms with Gasteiger partial charge in [0.1, 0.15) is 0 Å². The topological polar surface area (TPSA) is 48.1 Å². The van der Waals surface area contributed by atoms with Gasteiger partial charge in [-0.25, -0.2) is 4.79 Å². The molecule has 1 aliphatic heterocycles. The smallest absolute Gasteiger partial charge is 0.318 e. The summed E-state index contributed by atoms with van der Waals surface area (Å²) in [6.07, 6.45) is 5.42. The Balaban J connectivity index is 1.58. The number of aromatic nitrogens is 1. The second-order valence-electron chi connectivity index (χ2n) is 8.39. The van der Waals surface area contributed by atoms with Crippen LogP contribution in [-0.4, -0.2) is 28.5 Å². The third kappa shape index (κ3) is 3.40. The van der Waals surface area contributed by atoms with Crippen molar-refractivity contribution in [2.24, 2.45) is 0 Å². The summed E-state index contributed by atoms with van der Waals surface area (Å²) in [5, 5.41) is 5.20. The predicted octanol–water partition coefficient (Wildman–Crippen LogP) is 5.73. The molecule has 0 bridgehead atoms.